The van der Waals surface area contributed by atoms with Gasteiger partial charge >= 0.3 is 0 Å². The first kappa shape index (κ1) is 31.9. The van der Waals surface area contributed by atoms with E-state index in [-0.39, 0.29) is 0 Å². The smallest absolute Gasteiger partial charge is 0.0330 e. The molecule has 0 fully saturated rings. The average molecular weight is 453 g/mol. The minimum absolute atomic E-state index is 0.365. The molecule has 0 aromatic heterocycles. The van der Waals surface area contributed by atoms with E-state index in [9.17, 15) is 0 Å². The van der Waals surface area contributed by atoms with Gasteiger partial charge in [-0.1, -0.05) is 142 Å². The molecule has 0 saturated carbocycles. The van der Waals surface area contributed by atoms with Gasteiger partial charge in [-0.25, -0.2) is 0 Å². The molecular formula is C30H64N2. The second-order valence-electron chi connectivity index (χ2n) is 11.2. The molecule has 0 saturated heterocycles. The molecule has 2 heteroatoms. The first-order valence-electron chi connectivity index (χ1n) is 14.8. The van der Waals surface area contributed by atoms with Gasteiger partial charge in [-0.05, 0) is 41.0 Å². The Hall–Kier alpha value is -0.0800. The standard InChI is InChI=1S/C30H64N2/c1-7-9-11-13-15-17-19-21-23-25-27-30(32(5)6,29-31(3)4)28-26-24-22-20-18-16-14-12-10-8-2/h7-29H2,1-6H3. The molecule has 0 aromatic rings. The van der Waals surface area contributed by atoms with Crippen molar-refractivity contribution >= 4 is 0 Å². The van der Waals surface area contributed by atoms with Gasteiger partial charge in [-0.2, -0.15) is 0 Å². The van der Waals surface area contributed by atoms with Crippen LogP contribution in [0.1, 0.15) is 155 Å². The topological polar surface area (TPSA) is 6.48 Å². The van der Waals surface area contributed by atoms with Gasteiger partial charge in [0.25, 0.3) is 0 Å². The molecule has 32 heavy (non-hydrogen) atoms. The van der Waals surface area contributed by atoms with Crippen molar-refractivity contribution in [2.75, 3.05) is 34.7 Å². The quantitative estimate of drug-likeness (QED) is 0.127. The summed E-state index contributed by atoms with van der Waals surface area (Å²) < 4.78 is 0. The molecule has 2 nitrogen and oxygen atoms in total. The maximum Gasteiger partial charge on any atom is 0.0330 e. The van der Waals surface area contributed by atoms with E-state index in [2.05, 4.69) is 51.8 Å². The van der Waals surface area contributed by atoms with Gasteiger partial charge in [0.1, 0.15) is 0 Å². The average Bonchev–Trinajstić information content (AvgIpc) is 2.75. The van der Waals surface area contributed by atoms with Crippen LogP contribution < -0.4 is 0 Å². The van der Waals surface area contributed by atoms with Crippen LogP contribution in [0.5, 0.6) is 0 Å². The fourth-order valence-corrected chi connectivity index (χ4v) is 5.34. The number of hydrogen-bond acceptors (Lipinski definition) is 2. The summed E-state index contributed by atoms with van der Waals surface area (Å²) in [6.07, 6.45) is 31.4. The maximum absolute atomic E-state index is 2.56. The molecule has 0 atom stereocenters. The van der Waals surface area contributed by atoms with Gasteiger partial charge in [0.2, 0.25) is 0 Å². The first-order chi connectivity index (χ1) is 15.5. The van der Waals surface area contributed by atoms with Gasteiger partial charge in [0.05, 0.1) is 0 Å². The van der Waals surface area contributed by atoms with Crippen LogP contribution in [-0.4, -0.2) is 50.1 Å². The van der Waals surface area contributed by atoms with Crippen molar-refractivity contribution in [1.29, 1.82) is 0 Å². The van der Waals surface area contributed by atoms with E-state index in [1.165, 1.54) is 148 Å². The van der Waals surface area contributed by atoms with Crippen LogP contribution in [-0.2, 0) is 0 Å². The Morgan fingerprint density at radius 3 is 0.938 bits per heavy atom. The molecule has 0 spiro atoms. The zero-order valence-corrected chi connectivity index (χ0v) is 23.7. The van der Waals surface area contributed by atoms with Gasteiger partial charge in [-0.3, -0.25) is 0 Å². The highest BCUT2D eigenvalue weighted by Gasteiger charge is 2.32. The van der Waals surface area contributed by atoms with Crippen molar-refractivity contribution < 1.29 is 0 Å². The molecule has 0 N–H and O–H groups in total. The van der Waals surface area contributed by atoms with E-state index in [0.717, 1.165) is 0 Å². The van der Waals surface area contributed by atoms with Crippen molar-refractivity contribution in [3.05, 3.63) is 0 Å². The summed E-state index contributed by atoms with van der Waals surface area (Å²) in [7, 11) is 9.18. The minimum atomic E-state index is 0.365. The molecule has 0 amide bonds. The summed E-state index contributed by atoms with van der Waals surface area (Å²) in [6, 6.07) is 0. The lowest BCUT2D eigenvalue weighted by molar-refractivity contribution is 0.0846. The number of nitrogens with zero attached hydrogens (tertiary/aromatic N) is 2. The molecule has 0 rings (SSSR count). The second kappa shape index (κ2) is 22.7. The molecular weight excluding hydrogens is 388 g/mol. The van der Waals surface area contributed by atoms with Gasteiger partial charge < -0.3 is 9.80 Å². The zero-order chi connectivity index (χ0) is 23.9. The van der Waals surface area contributed by atoms with E-state index < -0.39 is 0 Å². The lowest BCUT2D eigenvalue weighted by atomic mass is 9.84. The van der Waals surface area contributed by atoms with E-state index >= 15 is 0 Å². The molecule has 0 bridgehead atoms. The van der Waals surface area contributed by atoms with Crippen molar-refractivity contribution in [3.8, 4) is 0 Å². The Bertz CT molecular complexity index is 340. The molecule has 194 valence electrons. The van der Waals surface area contributed by atoms with Gasteiger partial charge in [0.15, 0.2) is 0 Å². The molecule has 0 aromatic carbocycles. The second-order valence-corrected chi connectivity index (χ2v) is 11.2. The summed E-state index contributed by atoms with van der Waals surface area (Å²) in [5.41, 5.74) is 0.365. The van der Waals surface area contributed by atoms with Crippen LogP contribution in [0.15, 0.2) is 0 Å². The third-order valence-electron chi connectivity index (χ3n) is 7.55. The number of hydrogen-bond donors (Lipinski definition) is 0. The summed E-state index contributed by atoms with van der Waals surface area (Å²) in [4.78, 5) is 4.99. The third-order valence-corrected chi connectivity index (χ3v) is 7.55. The largest absolute Gasteiger partial charge is 0.308 e. The highest BCUT2D eigenvalue weighted by atomic mass is 15.2. The molecule has 0 aliphatic rings. The molecule has 0 aliphatic heterocycles. The summed E-state index contributed by atoms with van der Waals surface area (Å²) in [5, 5.41) is 0. The maximum atomic E-state index is 2.56. The van der Waals surface area contributed by atoms with E-state index in [4.69, 9.17) is 0 Å². The van der Waals surface area contributed by atoms with Crippen LogP contribution in [0, 0.1) is 0 Å². The fourth-order valence-electron chi connectivity index (χ4n) is 5.34. The Morgan fingerprint density at radius 1 is 0.406 bits per heavy atom. The molecule has 0 unspecified atom stereocenters. The Morgan fingerprint density at radius 2 is 0.688 bits per heavy atom. The Labute approximate surface area is 205 Å². The third kappa shape index (κ3) is 18.4. The van der Waals surface area contributed by atoms with Crippen LogP contribution in [0.4, 0.5) is 0 Å². The van der Waals surface area contributed by atoms with Gasteiger partial charge in [-0.15, -0.1) is 0 Å². The van der Waals surface area contributed by atoms with E-state index in [1.54, 1.807) is 0 Å². The highest BCUT2D eigenvalue weighted by molar-refractivity contribution is 4.90. The summed E-state index contributed by atoms with van der Waals surface area (Å²) in [5.74, 6) is 0. The van der Waals surface area contributed by atoms with Crippen molar-refractivity contribution in [2.24, 2.45) is 0 Å². The molecule has 0 aliphatic carbocycles. The summed E-state index contributed by atoms with van der Waals surface area (Å²) in [6.45, 7) is 5.82. The predicted molar refractivity (Wildman–Crippen MR) is 148 cm³/mol. The van der Waals surface area contributed by atoms with Crippen LogP contribution in [0.2, 0.25) is 0 Å². The molecule has 0 heterocycles. The van der Waals surface area contributed by atoms with Crippen molar-refractivity contribution in [2.45, 2.75) is 161 Å². The lowest BCUT2D eigenvalue weighted by Crippen LogP contribution is -2.51. The normalized spacial score (nSPS) is 12.4. The van der Waals surface area contributed by atoms with Gasteiger partial charge in [0, 0.05) is 12.1 Å². The fraction of sp³-hybridized carbons (Fsp3) is 1.00. The first-order valence-corrected chi connectivity index (χ1v) is 14.8. The van der Waals surface area contributed by atoms with Crippen LogP contribution >= 0.6 is 0 Å². The summed E-state index contributed by atoms with van der Waals surface area (Å²) >= 11 is 0. The monoisotopic (exact) mass is 453 g/mol. The molecule has 0 radical (unpaired) electrons. The SMILES string of the molecule is CCCCCCCCCCCCC(CCCCCCCCCCCC)(CN(C)C)N(C)C. The van der Waals surface area contributed by atoms with Crippen LogP contribution in [0.3, 0.4) is 0 Å². The minimum Gasteiger partial charge on any atom is -0.308 e. The zero-order valence-electron chi connectivity index (χ0n) is 23.7. The van der Waals surface area contributed by atoms with Crippen LogP contribution in [0.25, 0.3) is 0 Å². The number of unbranched alkanes of at least 4 members (excludes halogenated alkanes) is 18. The highest BCUT2D eigenvalue weighted by Crippen LogP contribution is 2.29. The Balaban J connectivity index is 4.10. The van der Waals surface area contributed by atoms with E-state index in [0.29, 0.717) is 5.54 Å². The Kier molecular flexibility index (Phi) is 22.6. The lowest BCUT2D eigenvalue weighted by Gasteiger charge is -2.42. The number of likely N-dealkylation sites (N-methyl/N-ethyl adjacent to an activating group) is 2. The van der Waals surface area contributed by atoms with Crippen molar-refractivity contribution in [3.63, 3.8) is 0 Å². The van der Waals surface area contributed by atoms with E-state index in [1.807, 2.05) is 0 Å². The predicted octanol–water partition coefficient (Wildman–Crippen LogP) is 9.47. The number of rotatable bonds is 25. The van der Waals surface area contributed by atoms with Crippen molar-refractivity contribution in [1.82, 2.24) is 9.80 Å².